The first-order valence-corrected chi connectivity index (χ1v) is 8.05. The normalized spacial score (nSPS) is 16.9. The molecule has 2 nitrogen and oxygen atoms in total. The largest absolute Gasteiger partial charge is 0.385 e. The Labute approximate surface area is 126 Å². The van der Waals surface area contributed by atoms with Gasteiger partial charge in [-0.2, -0.15) is 0 Å². The van der Waals surface area contributed by atoms with Crippen molar-refractivity contribution in [3.8, 4) is 0 Å². The second kappa shape index (κ2) is 5.10. The summed E-state index contributed by atoms with van der Waals surface area (Å²) in [7, 11) is 0. The quantitative estimate of drug-likeness (QED) is 0.829. The number of aryl methyl sites for hydroxylation is 3. The van der Waals surface area contributed by atoms with Crippen molar-refractivity contribution < 1.29 is 0 Å². The molecule has 0 atom stereocenters. The van der Waals surface area contributed by atoms with Gasteiger partial charge in [0.1, 0.15) is 0 Å². The van der Waals surface area contributed by atoms with Gasteiger partial charge in [0.05, 0.1) is 0 Å². The van der Waals surface area contributed by atoms with Crippen molar-refractivity contribution in [2.24, 2.45) is 0 Å². The zero-order valence-corrected chi connectivity index (χ0v) is 12.7. The van der Waals surface area contributed by atoms with Gasteiger partial charge in [0, 0.05) is 30.2 Å². The van der Waals surface area contributed by atoms with E-state index in [1.54, 1.807) is 0 Å². The third-order valence-electron chi connectivity index (χ3n) is 4.70. The summed E-state index contributed by atoms with van der Waals surface area (Å²) in [5, 5.41) is 3.55. The van der Waals surface area contributed by atoms with Gasteiger partial charge in [0.2, 0.25) is 0 Å². The highest BCUT2D eigenvalue weighted by molar-refractivity contribution is 5.72. The summed E-state index contributed by atoms with van der Waals surface area (Å²) in [6.45, 7) is 4.41. The summed E-state index contributed by atoms with van der Waals surface area (Å²) < 4.78 is 0. The van der Waals surface area contributed by atoms with Crippen LogP contribution in [0.1, 0.15) is 29.5 Å². The molecule has 0 saturated carbocycles. The molecule has 0 spiro atoms. The lowest BCUT2D eigenvalue weighted by Crippen LogP contribution is -2.25. The fourth-order valence-electron chi connectivity index (χ4n) is 3.61. The molecule has 0 fully saturated rings. The third kappa shape index (κ3) is 2.29. The Kier molecular flexibility index (Phi) is 3.10. The molecule has 1 N–H and O–H groups in total. The Morgan fingerprint density at radius 3 is 2.81 bits per heavy atom. The number of benzene rings is 2. The fourth-order valence-corrected chi connectivity index (χ4v) is 3.61. The van der Waals surface area contributed by atoms with Gasteiger partial charge in [-0.3, -0.25) is 0 Å². The lowest BCUT2D eigenvalue weighted by atomic mass is 9.98. The molecule has 2 aromatic rings. The molecule has 4 rings (SSSR count). The standard InChI is InChI=1S/C19H22N2/c1-14-6-9-19-16(12-14)5-3-11-21(19)17-8-7-15-4-2-10-20-18(15)13-17/h6-9,12-13,20H,2-5,10-11H2,1H3. The lowest BCUT2D eigenvalue weighted by Gasteiger charge is -2.32. The van der Waals surface area contributed by atoms with Crippen LogP contribution in [0.2, 0.25) is 0 Å². The predicted octanol–water partition coefficient (Wildman–Crippen LogP) is 4.44. The van der Waals surface area contributed by atoms with Crippen LogP contribution in [-0.4, -0.2) is 13.1 Å². The first-order chi connectivity index (χ1) is 10.3. The zero-order chi connectivity index (χ0) is 14.2. The summed E-state index contributed by atoms with van der Waals surface area (Å²) >= 11 is 0. The van der Waals surface area contributed by atoms with Gasteiger partial charge >= 0.3 is 0 Å². The summed E-state index contributed by atoms with van der Waals surface area (Å²) in [6.07, 6.45) is 4.90. The van der Waals surface area contributed by atoms with E-state index in [9.17, 15) is 0 Å². The van der Waals surface area contributed by atoms with Crippen LogP contribution in [0.25, 0.3) is 0 Å². The second-order valence-corrected chi connectivity index (χ2v) is 6.26. The van der Waals surface area contributed by atoms with Crippen molar-refractivity contribution in [1.82, 2.24) is 0 Å². The van der Waals surface area contributed by atoms with Gasteiger partial charge in [-0.25, -0.2) is 0 Å². The molecule has 2 heterocycles. The second-order valence-electron chi connectivity index (χ2n) is 6.26. The minimum absolute atomic E-state index is 1.10. The highest BCUT2D eigenvalue weighted by Gasteiger charge is 2.19. The average Bonchev–Trinajstić information content (AvgIpc) is 2.53. The maximum Gasteiger partial charge on any atom is 0.0443 e. The van der Waals surface area contributed by atoms with Crippen molar-refractivity contribution in [3.05, 3.63) is 53.1 Å². The summed E-state index contributed by atoms with van der Waals surface area (Å²) in [5.41, 5.74) is 8.37. The molecule has 108 valence electrons. The monoisotopic (exact) mass is 278 g/mol. The SMILES string of the molecule is Cc1ccc2c(c1)CCCN2c1ccc2c(c1)NCCC2. The minimum Gasteiger partial charge on any atom is -0.385 e. The van der Waals surface area contributed by atoms with Gasteiger partial charge in [0.25, 0.3) is 0 Å². The maximum absolute atomic E-state index is 3.55. The van der Waals surface area contributed by atoms with Crippen molar-refractivity contribution >= 4 is 17.1 Å². The number of nitrogens with zero attached hydrogens (tertiary/aromatic N) is 1. The van der Waals surface area contributed by atoms with E-state index in [2.05, 4.69) is 53.5 Å². The van der Waals surface area contributed by atoms with Gasteiger partial charge in [-0.05, 0) is 61.9 Å². The van der Waals surface area contributed by atoms with Crippen LogP contribution in [0.4, 0.5) is 17.1 Å². The summed E-state index contributed by atoms with van der Waals surface area (Å²) in [6, 6.07) is 13.8. The Morgan fingerprint density at radius 1 is 0.952 bits per heavy atom. The van der Waals surface area contributed by atoms with E-state index in [1.807, 2.05) is 0 Å². The van der Waals surface area contributed by atoms with E-state index >= 15 is 0 Å². The summed E-state index contributed by atoms with van der Waals surface area (Å²) in [4.78, 5) is 2.48. The molecule has 0 amide bonds. The average molecular weight is 278 g/mol. The molecule has 0 unspecified atom stereocenters. The number of nitrogens with one attached hydrogen (secondary N) is 1. The number of hydrogen-bond donors (Lipinski definition) is 1. The van der Waals surface area contributed by atoms with Crippen LogP contribution in [-0.2, 0) is 12.8 Å². The van der Waals surface area contributed by atoms with E-state index in [0.717, 1.165) is 13.1 Å². The van der Waals surface area contributed by atoms with E-state index in [1.165, 1.54) is 59.4 Å². The Balaban J connectivity index is 1.74. The van der Waals surface area contributed by atoms with Crippen LogP contribution >= 0.6 is 0 Å². The smallest absolute Gasteiger partial charge is 0.0443 e. The number of anilines is 3. The molecule has 2 aliphatic rings. The molecule has 2 aromatic carbocycles. The number of rotatable bonds is 1. The van der Waals surface area contributed by atoms with Crippen LogP contribution in [0.5, 0.6) is 0 Å². The highest BCUT2D eigenvalue weighted by atomic mass is 15.1. The highest BCUT2D eigenvalue weighted by Crippen LogP contribution is 2.36. The number of fused-ring (bicyclic) bond motifs is 2. The topological polar surface area (TPSA) is 15.3 Å². The van der Waals surface area contributed by atoms with E-state index in [4.69, 9.17) is 0 Å². The van der Waals surface area contributed by atoms with Crippen LogP contribution in [0, 0.1) is 6.92 Å². The molecule has 21 heavy (non-hydrogen) atoms. The van der Waals surface area contributed by atoms with Gasteiger partial charge in [-0.15, -0.1) is 0 Å². The molecule has 0 radical (unpaired) electrons. The Morgan fingerprint density at radius 2 is 1.86 bits per heavy atom. The minimum atomic E-state index is 1.10. The van der Waals surface area contributed by atoms with Crippen LogP contribution in [0.15, 0.2) is 36.4 Å². The van der Waals surface area contributed by atoms with Crippen LogP contribution in [0.3, 0.4) is 0 Å². The van der Waals surface area contributed by atoms with Gasteiger partial charge in [0.15, 0.2) is 0 Å². The maximum atomic E-state index is 3.55. The van der Waals surface area contributed by atoms with Crippen molar-refractivity contribution in [2.45, 2.75) is 32.6 Å². The molecule has 2 heteroatoms. The Bertz CT molecular complexity index is 675. The molecule has 2 aliphatic heterocycles. The number of hydrogen-bond acceptors (Lipinski definition) is 2. The van der Waals surface area contributed by atoms with Crippen LogP contribution < -0.4 is 10.2 Å². The van der Waals surface area contributed by atoms with Crippen molar-refractivity contribution in [1.29, 1.82) is 0 Å². The molecular weight excluding hydrogens is 256 g/mol. The first-order valence-electron chi connectivity index (χ1n) is 8.05. The third-order valence-corrected chi connectivity index (χ3v) is 4.70. The van der Waals surface area contributed by atoms with Crippen molar-refractivity contribution in [2.75, 3.05) is 23.3 Å². The van der Waals surface area contributed by atoms with Crippen molar-refractivity contribution in [3.63, 3.8) is 0 Å². The zero-order valence-electron chi connectivity index (χ0n) is 12.7. The molecular formula is C19H22N2. The predicted molar refractivity (Wildman–Crippen MR) is 89.8 cm³/mol. The first kappa shape index (κ1) is 12.8. The van der Waals surface area contributed by atoms with E-state index < -0.39 is 0 Å². The molecule has 0 aromatic heterocycles. The lowest BCUT2D eigenvalue weighted by molar-refractivity contribution is 0.765. The molecule has 0 bridgehead atoms. The Hall–Kier alpha value is -1.96. The van der Waals surface area contributed by atoms with Gasteiger partial charge < -0.3 is 10.2 Å². The summed E-state index contributed by atoms with van der Waals surface area (Å²) in [5.74, 6) is 0. The van der Waals surface area contributed by atoms with E-state index in [-0.39, 0.29) is 0 Å². The molecule has 0 aliphatic carbocycles. The molecule has 0 saturated heterocycles. The van der Waals surface area contributed by atoms with Gasteiger partial charge in [-0.1, -0.05) is 23.8 Å². The van der Waals surface area contributed by atoms with E-state index in [0.29, 0.717) is 0 Å². The fraction of sp³-hybridized carbons (Fsp3) is 0.368.